The van der Waals surface area contributed by atoms with Gasteiger partial charge in [-0.15, -0.1) is 0 Å². The number of benzene rings is 10. The van der Waals surface area contributed by atoms with Crippen molar-refractivity contribution in [2.45, 2.75) is 90.9 Å². The Morgan fingerprint density at radius 3 is 1.29 bits per heavy atom. The second kappa shape index (κ2) is 13.0. The second-order valence-corrected chi connectivity index (χ2v) is 22.9. The lowest BCUT2D eigenvalue weighted by molar-refractivity contribution is 0.584. The quantitative estimate of drug-likeness (QED) is 0.120. The van der Waals surface area contributed by atoms with Gasteiger partial charge in [0.05, 0.1) is 0 Å². The summed E-state index contributed by atoms with van der Waals surface area (Å²) in [6.07, 6.45) is 0. The van der Waals surface area contributed by atoms with E-state index in [2.05, 4.69) is 227 Å². The summed E-state index contributed by atoms with van der Waals surface area (Å²) in [5, 5.41) is 10.4. The van der Waals surface area contributed by atoms with Gasteiger partial charge in [0, 0.05) is 10.8 Å². The van der Waals surface area contributed by atoms with Gasteiger partial charge in [0.25, 0.3) is 0 Å². The van der Waals surface area contributed by atoms with Crippen LogP contribution < -0.4 is 0 Å². The van der Waals surface area contributed by atoms with E-state index in [1.165, 1.54) is 143 Å². The van der Waals surface area contributed by atoms with E-state index in [9.17, 15) is 0 Å². The van der Waals surface area contributed by atoms with Gasteiger partial charge in [-0.2, -0.15) is 0 Å². The summed E-state index contributed by atoms with van der Waals surface area (Å²) >= 11 is 0. The third-order valence-corrected chi connectivity index (χ3v) is 16.3. The molecule has 0 heterocycles. The van der Waals surface area contributed by atoms with Crippen LogP contribution in [-0.2, 0) is 21.7 Å². The Labute approximate surface area is 390 Å². The summed E-state index contributed by atoms with van der Waals surface area (Å²) in [6, 6.07) is 62.0. The first-order valence-electron chi connectivity index (χ1n) is 24.1. The molecule has 0 saturated carbocycles. The molecule has 0 saturated heterocycles. The molecular formula is C66H56. The number of hydrogen-bond acceptors (Lipinski definition) is 0. The van der Waals surface area contributed by atoms with Crippen molar-refractivity contribution in [1.29, 1.82) is 0 Å². The minimum atomic E-state index is -0.107. The molecule has 0 N–H and O–H groups in total. The average molecular weight is 849 g/mol. The van der Waals surface area contributed by atoms with Crippen molar-refractivity contribution in [2.75, 3.05) is 0 Å². The molecule has 0 aromatic heterocycles. The van der Waals surface area contributed by atoms with Crippen molar-refractivity contribution >= 4 is 43.1 Å². The number of fused-ring (bicyclic) bond motifs is 13. The Morgan fingerprint density at radius 2 is 0.773 bits per heavy atom. The van der Waals surface area contributed by atoms with E-state index < -0.39 is 0 Å². The van der Waals surface area contributed by atoms with E-state index in [1.54, 1.807) is 0 Å². The first-order chi connectivity index (χ1) is 31.5. The lowest BCUT2D eigenvalue weighted by Gasteiger charge is -2.25. The minimum Gasteiger partial charge on any atom is -0.0616 e. The number of rotatable bonds is 2. The van der Waals surface area contributed by atoms with E-state index in [0.29, 0.717) is 0 Å². The first-order valence-corrected chi connectivity index (χ1v) is 24.1. The largest absolute Gasteiger partial charge is 0.0616 e. The van der Waals surface area contributed by atoms with E-state index in [1.807, 2.05) is 0 Å². The molecule has 320 valence electrons. The van der Waals surface area contributed by atoms with Crippen LogP contribution in [0.25, 0.3) is 110 Å². The third kappa shape index (κ3) is 5.28. The van der Waals surface area contributed by atoms with Crippen LogP contribution in [0.2, 0.25) is 0 Å². The summed E-state index contributed by atoms with van der Waals surface area (Å²) in [5.41, 5.74) is 24.4. The average Bonchev–Trinajstić information content (AvgIpc) is 3.83. The molecule has 10 aromatic rings. The summed E-state index contributed by atoms with van der Waals surface area (Å²) in [7, 11) is 0. The van der Waals surface area contributed by atoms with Crippen LogP contribution in [0.3, 0.4) is 0 Å². The predicted molar refractivity (Wildman–Crippen MR) is 284 cm³/mol. The van der Waals surface area contributed by atoms with Gasteiger partial charge in [0.15, 0.2) is 0 Å². The Kier molecular flexibility index (Phi) is 7.79. The summed E-state index contributed by atoms with van der Waals surface area (Å²) in [5.74, 6) is 0. The molecule has 0 bridgehead atoms. The van der Waals surface area contributed by atoms with Crippen LogP contribution in [-0.4, -0.2) is 0 Å². The maximum atomic E-state index is 2.55. The SMILES string of the molecule is CC(C)(C)c1ccc2c(c1)C(C)(C)c1ccc(-c3c4c(c(-c5ccc6c(c5)-c5ccc(C(C)(C)C)cc5C6(C)C)c5cc6ccccc6cc35)-c3cc5ccccc5c5cccc-4c35)cc1-2. The smallest absolute Gasteiger partial charge is 0.0158 e. The van der Waals surface area contributed by atoms with Crippen LogP contribution >= 0.6 is 0 Å². The van der Waals surface area contributed by atoms with Crippen LogP contribution in [0.15, 0.2) is 158 Å². The van der Waals surface area contributed by atoms with Crippen molar-refractivity contribution in [3.63, 3.8) is 0 Å². The fourth-order valence-corrected chi connectivity index (χ4v) is 12.6. The molecule has 0 atom stereocenters. The zero-order chi connectivity index (χ0) is 45.4. The third-order valence-electron chi connectivity index (χ3n) is 16.3. The molecule has 0 spiro atoms. The van der Waals surface area contributed by atoms with Gasteiger partial charge in [0.2, 0.25) is 0 Å². The summed E-state index contributed by atoms with van der Waals surface area (Å²) in [4.78, 5) is 0. The van der Waals surface area contributed by atoms with Gasteiger partial charge < -0.3 is 0 Å². The Bertz CT molecular complexity index is 3810. The Hall–Kier alpha value is -6.76. The van der Waals surface area contributed by atoms with Crippen molar-refractivity contribution < 1.29 is 0 Å². The van der Waals surface area contributed by atoms with Crippen LogP contribution in [0.1, 0.15) is 103 Å². The maximum Gasteiger partial charge on any atom is 0.0158 e. The molecule has 3 aliphatic carbocycles. The van der Waals surface area contributed by atoms with E-state index in [4.69, 9.17) is 0 Å². The maximum absolute atomic E-state index is 2.55. The minimum absolute atomic E-state index is 0.0729. The molecule has 0 unspecified atom stereocenters. The van der Waals surface area contributed by atoms with Crippen LogP contribution in [0.5, 0.6) is 0 Å². The molecule has 0 aliphatic heterocycles. The molecule has 0 heteroatoms. The number of hydrogen-bond donors (Lipinski definition) is 0. The topological polar surface area (TPSA) is 0 Å². The van der Waals surface area contributed by atoms with Crippen molar-refractivity contribution in [1.82, 2.24) is 0 Å². The highest BCUT2D eigenvalue weighted by Gasteiger charge is 2.40. The summed E-state index contributed by atoms with van der Waals surface area (Å²) < 4.78 is 0. The Morgan fingerprint density at radius 1 is 0.303 bits per heavy atom. The van der Waals surface area contributed by atoms with Crippen molar-refractivity contribution in [3.8, 4) is 66.8 Å². The highest BCUT2D eigenvalue weighted by atomic mass is 14.4. The van der Waals surface area contributed by atoms with Crippen molar-refractivity contribution in [3.05, 3.63) is 191 Å². The highest BCUT2D eigenvalue weighted by Crippen LogP contribution is 2.61. The fraction of sp³-hybridized carbons (Fsp3) is 0.212. The molecule has 0 fully saturated rings. The monoisotopic (exact) mass is 848 g/mol. The van der Waals surface area contributed by atoms with Crippen molar-refractivity contribution in [2.24, 2.45) is 0 Å². The normalized spacial score (nSPS) is 15.1. The van der Waals surface area contributed by atoms with Gasteiger partial charge in [-0.1, -0.05) is 197 Å². The molecule has 0 radical (unpaired) electrons. The van der Waals surface area contributed by atoms with Crippen LogP contribution in [0.4, 0.5) is 0 Å². The Balaban J connectivity index is 1.16. The van der Waals surface area contributed by atoms with Gasteiger partial charge >= 0.3 is 0 Å². The lowest BCUT2D eigenvalue weighted by atomic mass is 9.78. The molecule has 66 heavy (non-hydrogen) atoms. The zero-order valence-corrected chi connectivity index (χ0v) is 40.0. The standard InChI is InChI=1S/C66H56/c1-63(2,3)42-24-26-45-49-33-40(22-28-54(49)65(7,8)56(45)35-42)58-51-30-37-16-11-12-17-38(37)31-52(51)59(62-53-32-39-18-13-14-19-44(39)47-20-15-21-48(60(47)53)61(58)62)41-23-29-55-50(34-41)46-27-25-43(64(4,5)6)36-57(46)66(55,9)10/h11-36H,1-10H3. The lowest BCUT2D eigenvalue weighted by Crippen LogP contribution is -2.17. The molecular weight excluding hydrogens is 793 g/mol. The molecule has 3 aliphatic rings. The van der Waals surface area contributed by atoms with Gasteiger partial charge in [-0.3, -0.25) is 0 Å². The first kappa shape index (κ1) is 39.6. The second-order valence-electron chi connectivity index (χ2n) is 22.9. The van der Waals surface area contributed by atoms with Crippen LogP contribution in [0, 0.1) is 0 Å². The molecule has 13 rings (SSSR count). The molecule has 0 amide bonds. The van der Waals surface area contributed by atoms with Gasteiger partial charge in [0.1, 0.15) is 0 Å². The summed E-state index contributed by atoms with van der Waals surface area (Å²) in [6.45, 7) is 23.6. The van der Waals surface area contributed by atoms with E-state index >= 15 is 0 Å². The fourth-order valence-electron chi connectivity index (χ4n) is 12.6. The van der Waals surface area contributed by atoms with E-state index in [-0.39, 0.29) is 21.7 Å². The zero-order valence-electron chi connectivity index (χ0n) is 40.0. The van der Waals surface area contributed by atoms with E-state index in [0.717, 1.165) is 0 Å². The molecule has 10 aromatic carbocycles. The van der Waals surface area contributed by atoms with Gasteiger partial charge in [-0.05, 0) is 184 Å². The van der Waals surface area contributed by atoms with Gasteiger partial charge in [-0.25, -0.2) is 0 Å². The predicted octanol–water partition coefficient (Wildman–Crippen LogP) is 18.5. The molecule has 0 nitrogen and oxygen atoms in total. The highest BCUT2D eigenvalue weighted by molar-refractivity contribution is 6.31.